The Kier molecular flexibility index (Phi) is 11.4. The average Bonchev–Trinajstić information content (AvgIpc) is 3.43. The Hall–Kier alpha value is -1.26. The maximum absolute atomic E-state index is 12.6. The molecule has 2 fully saturated rings. The molecule has 0 spiro atoms. The lowest BCUT2D eigenvalue weighted by Crippen LogP contribution is -2.42. The van der Waals surface area contributed by atoms with Crippen LogP contribution in [-0.4, -0.2) is 72.4 Å². The van der Waals surface area contributed by atoms with E-state index in [0.717, 1.165) is 19.3 Å². The standard InChI is InChI=1S/C30H54O9/c1-11-26(3,4)19-28(7,8)39-24(32)14-16-30(10)36-18-22(38-30)25(33)21-17-35-29(9,37-21)15-13-23(31)34-20-27(5,6)12-2/h21-22,25,33H,11-20H2,1-10H3. The molecule has 0 bridgehead atoms. The fraction of sp³-hybridized carbons (Fsp3) is 0.933. The summed E-state index contributed by atoms with van der Waals surface area (Å²) in [6.45, 7) is 20.7. The quantitative estimate of drug-likeness (QED) is 0.268. The van der Waals surface area contributed by atoms with Gasteiger partial charge in [-0.2, -0.15) is 0 Å². The van der Waals surface area contributed by atoms with Gasteiger partial charge in [0.2, 0.25) is 0 Å². The first-order chi connectivity index (χ1) is 17.8. The monoisotopic (exact) mass is 558 g/mol. The number of carbonyl (C=O) groups is 2. The molecule has 5 unspecified atom stereocenters. The van der Waals surface area contributed by atoms with Gasteiger partial charge >= 0.3 is 11.9 Å². The lowest BCUT2D eigenvalue weighted by Gasteiger charge is -2.34. The fourth-order valence-electron chi connectivity index (χ4n) is 4.91. The number of rotatable bonds is 15. The summed E-state index contributed by atoms with van der Waals surface area (Å²) in [5.41, 5.74) is -0.549. The van der Waals surface area contributed by atoms with Crippen molar-refractivity contribution in [3.8, 4) is 0 Å². The normalized spacial score (nSPS) is 28.9. The molecule has 0 aromatic rings. The molecular weight excluding hydrogens is 504 g/mol. The minimum absolute atomic E-state index is 0.0598. The summed E-state index contributed by atoms with van der Waals surface area (Å²) >= 11 is 0. The molecule has 0 aromatic carbocycles. The van der Waals surface area contributed by atoms with Crippen molar-refractivity contribution < 1.29 is 43.1 Å². The van der Waals surface area contributed by atoms with Crippen LogP contribution in [-0.2, 0) is 38.0 Å². The highest BCUT2D eigenvalue weighted by Crippen LogP contribution is 2.36. The number of esters is 2. The van der Waals surface area contributed by atoms with Crippen molar-refractivity contribution >= 4 is 11.9 Å². The largest absolute Gasteiger partial charge is 0.465 e. The molecule has 0 radical (unpaired) electrons. The van der Waals surface area contributed by atoms with Gasteiger partial charge in [0.15, 0.2) is 11.6 Å². The van der Waals surface area contributed by atoms with Crippen LogP contribution in [0.15, 0.2) is 0 Å². The smallest absolute Gasteiger partial charge is 0.306 e. The molecular formula is C30H54O9. The third-order valence-corrected chi connectivity index (χ3v) is 8.07. The van der Waals surface area contributed by atoms with Crippen LogP contribution in [0.2, 0.25) is 0 Å². The van der Waals surface area contributed by atoms with Crippen LogP contribution in [0.1, 0.15) is 114 Å². The SMILES string of the molecule is CCC(C)(C)COC(=O)CCC1(C)OCC(C(O)C2COC(C)(CCC(=O)OC(C)(C)CC(C)(C)CC)O2)O1. The topological polar surface area (TPSA) is 110 Å². The lowest BCUT2D eigenvalue weighted by molar-refractivity contribution is -0.198. The average molecular weight is 559 g/mol. The van der Waals surface area contributed by atoms with Gasteiger partial charge < -0.3 is 33.5 Å². The number of carbonyl (C=O) groups excluding carboxylic acids is 2. The minimum Gasteiger partial charge on any atom is -0.465 e. The summed E-state index contributed by atoms with van der Waals surface area (Å²) in [5.74, 6) is -2.62. The maximum Gasteiger partial charge on any atom is 0.306 e. The Morgan fingerprint density at radius 3 is 1.77 bits per heavy atom. The van der Waals surface area contributed by atoms with Gasteiger partial charge in [-0.15, -0.1) is 0 Å². The second kappa shape index (κ2) is 13.1. The zero-order valence-electron chi connectivity index (χ0n) is 26.0. The maximum atomic E-state index is 12.6. The van der Waals surface area contributed by atoms with Gasteiger partial charge in [-0.1, -0.05) is 48.0 Å². The van der Waals surface area contributed by atoms with Gasteiger partial charge in [0.05, 0.1) is 32.7 Å². The molecule has 2 aliphatic rings. The molecule has 2 rings (SSSR count). The first kappa shape index (κ1) is 33.9. The van der Waals surface area contributed by atoms with E-state index in [2.05, 4.69) is 41.5 Å². The van der Waals surface area contributed by atoms with Crippen molar-refractivity contribution in [3.05, 3.63) is 0 Å². The van der Waals surface area contributed by atoms with Gasteiger partial charge in [0, 0.05) is 12.8 Å². The number of ether oxygens (including phenoxy) is 6. The van der Waals surface area contributed by atoms with E-state index in [9.17, 15) is 14.7 Å². The third kappa shape index (κ3) is 10.9. The molecule has 9 heteroatoms. The van der Waals surface area contributed by atoms with Crippen LogP contribution in [0.4, 0.5) is 0 Å². The second-order valence-electron chi connectivity index (χ2n) is 13.8. The van der Waals surface area contributed by atoms with Gasteiger partial charge in [-0.25, -0.2) is 0 Å². The molecule has 2 heterocycles. The summed E-state index contributed by atoms with van der Waals surface area (Å²) in [6, 6.07) is 0. The Balaban J connectivity index is 1.79. The molecule has 0 aromatic heterocycles. The summed E-state index contributed by atoms with van der Waals surface area (Å²) in [6.07, 6.45) is 1.33. The van der Waals surface area contributed by atoms with E-state index < -0.39 is 35.5 Å². The zero-order chi connectivity index (χ0) is 29.7. The molecule has 0 aliphatic carbocycles. The van der Waals surface area contributed by atoms with E-state index in [1.165, 1.54) is 0 Å². The summed E-state index contributed by atoms with van der Waals surface area (Å²) in [7, 11) is 0. The first-order valence-corrected chi connectivity index (χ1v) is 14.5. The van der Waals surface area contributed by atoms with E-state index in [0.29, 0.717) is 19.4 Å². The summed E-state index contributed by atoms with van der Waals surface area (Å²) in [4.78, 5) is 24.8. The van der Waals surface area contributed by atoms with Crippen LogP contribution in [0.5, 0.6) is 0 Å². The molecule has 2 saturated heterocycles. The predicted octanol–water partition coefficient (Wildman–Crippen LogP) is 5.30. The number of aliphatic hydroxyl groups excluding tert-OH is 1. The second-order valence-corrected chi connectivity index (χ2v) is 13.8. The lowest BCUT2D eigenvalue weighted by atomic mass is 9.80. The molecule has 0 saturated carbocycles. The number of hydrogen-bond acceptors (Lipinski definition) is 9. The number of hydrogen-bond donors (Lipinski definition) is 1. The molecule has 1 N–H and O–H groups in total. The third-order valence-electron chi connectivity index (χ3n) is 8.07. The van der Waals surface area contributed by atoms with E-state index in [1.54, 1.807) is 13.8 Å². The highest BCUT2D eigenvalue weighted by Gasteiger charge is 2.48. The van der Waals surface area contributed by atoms with Gasteiger partial charge in [0.25, 0.3) is 0 Å². The van der Waals surface area contributed by atoms with Crippen LogP contribution in [0.3, 0.4) is 0 Å². The minimum atomic E-state index is -1.02. The van der Waals surface area contributed by atoms with Gasteiger partial charge in [-0.05, 0) is 51.4 Å². The van der Waals surface area contributed by atoms with E-state index >= 15 is 0 Å². The van der Waals surface area contributed by atoms with Crippen molar-refractivity contribution in [2.75, 3.05) is 19.8 Å². The van der Waals surface area contributed by atoms with E-state index in [1.807, 2.05) is 13.8 Å². The van der Waals surface area contributed by atoms with Crippen molar-refractivity contribution in [2.45, 2.75) is 150 Å². The molecule has 228 valence electrons. The highest BCUT2D eigenvalue weighted by atomic mass is 16.8. The van der Waals surface area contributed by atoms with Gasteiger partial charge in [0.1, 0.15) is 23.9 Å². The van der Waals surface area contributed by atoms with Crippen LogP contribution >= 0.6 is 0 Å². The Bertz CT molecular complexity index is 823. The van der Waals surface area contributed by atoms with Crippen LogP contribution in [0, 0.1) is 10.8 Å². The van der Waals surface area contributed by atoms with Crippen molar-refractivity contribution in [3.63, 3.8) is 0 Å². The van der Waals surface area contributed by atoms with Crippen LogP contribution < -0.4 is 0 Å². The van der Waals surface area contributed by atoms with Crippen LogP contribution in [0.25, 0.3) is 0 Å². The summed E-state index contributed by atoms with van der Waals surface area (Å²) < 4.78 is 34.9. The fourth-order valence-corrected chi connectivity index (χ4v) is 4.91. The van der Waals surface area contributed by atoms with E-state index in [-0.39, 0.29) is 48.8 Å². The van der Waals surface area contributed by atoms with Gasteiger partial charge in [-0.3, -0.25) is 9.59 Å². The highest BCUT2D eigenvalue weighted by molar-refractivity contribution is 5.70. The zero-order valence-corrected chi connectivity index (χ0v) is 26.0. The molecule has 9 nitrogen and oxygen atoms in total. The Morgan fingerprint density at radius 2 is 1.31 bits per heavy atom. The molecule has 0 amide bonds. The molecule has 2 aliphatic heterocycles. The Morgan fingerprint density at radius 1 is 0.846 bits per heavy atom. The van der Waals surface area contributed by atoms with E-state index in [4.69, 9.17) is 28.4 Å². The number of aliphatic hydroxyl groups is 1. The first-order valence-electron chi connectivity index (χ1n) is 14.5. The summed E-state index contributed by atoms with van der Waals surface area (Å²) in [5, 5.41) is 11.0. The Labute approximate surface area is 235 Å². The molecule has 39 heavy (non-hydrogen) atoms. The molecule has 5 atom stereocenters. The van der Waals surface area contributed by atoms with Crippen molar-refractivity contribution in [1.82, 2.24) is 0 Å². The predicted molar refractivity (Wildman–Crippen MR) is 147 cm³/mol. The van der Waals surface area contributed by atoms with Crippen molar-refractivity contribution in [1.29, 1.82) is 0 Å². The van der Waals surface area contributed by atoms with Crippen molar-refractivity contribution in [2.24, 2.45) is 10.8 Å².